The van der Waals surface area contributed by atoms with Crippen LogP contribution in [0.5, 0.6) is 34.5 Å². The Bertz CT molecular complexity index is 1190. The third-order valence-corrected chi connectivity index (χ3v) is 5.86. The molecule has 0 amide bonds. The Morgan fingerprint density at radius 1 is 0.949 bits per heavy atom. The van der Waals surface area contributed by atoms with Crippen LogP contribution in [0.4, 0.5) is 0 Å². The first-order valence-corrected chi connectivity index (χ1v) is 11.9. The second-order valence-corrected chi connectivity index (χ2v) is 8.36. The fourth-order valence-electron chi connectivity index (χ4n) is 4.04. The van der Waals surface area contributed by atoms with Gasteiger partial charge >= 0.3 is 11.9 Å². The molecule has 13 heteroatoms. The highest BCUT2D eigenvalue weighted by atomic mass is 16.7. The predicted molar refractivity (Wildman–Crippen MR) is 138 cm³/mol. The second-order valence-electron chi connectivity index (χ2n) is 8.36. The summed E-state index contributed by atoms with van der Waals surface area (Å²) in [5.74, 6) is 0.230. The van der Waals surface area contributed by atoms with Crippen LogP contribution in [0.15, 0.2) is 29.4 Å². The molecule has 0 saturated heterocycles. The van der Waals surface area contributed by atoms with Crippen LogP contribution >= 0.6 is 0 Å². The van der Waals surface area contributed by atoms with E-state index >= 15 is 0 Å². The highest BCUT2D eigenvalue weighted by Gasteiger charge is 2.30. The van der Waals surface area contributed by atoms with Gasteiger partial charge in [0.25, 0.3) is 0 Å². The Balaban J connectivity index is 0.000000631. The van der Waals surface area contributed by atoms with E-state index in [2.05, 4.69) is 10.5 Å². The quantitative estimate of drug-likeness (QED) is 0.277. The molecule has 0 saturated carbocycles. The molecule has 0 aliphatic carbocycles. The number of methoxy groups -OCH3 is 4. The zero-order valence-electron chi connectivity index (χ0n) is 22.1. The van der Waals surface area contributed by atoms with Crippen LogP contribution in [-0.4, -0.2) is 82.3 Å². The molecule has 3 N–H and O–H groups in total. The van der Waals surface area contributed by atoms with E-state index in [9.17, 15) is 0 Å². The molecule has 1 unspecified atom stereocenters. The van der Waals surface area contributed by atoms with E-state index in [1.165, 1.54) is 5.56 Å². The van der Waals surface area contributed by atoms with Crippen LogP contribution in [-0.2, 0) is 27.3 Å². The smallest absolute Gasteiger partial charge is 0.414 e. The van der Waals surface area contributed by atoms with E-state index in [1.54, 1.807) is 28.4 Å². The van der Waals surface area contributed by atoms with Crippen molar-refractivity contribution in [3.63, 3.8) is 0 Å². The Morgan fingerprint density at radius 2 is 1.64 bits per heavy atom. The largest absolute Gasteiger partial charge is 0.493 e. The number of benzene rings is 2. The molecule has 13 nitrogen and oxygen atoms in total. The zero-order chi connectivity index (χ0) is 28.4. The number of oxime groups is 1. The number of fused-ring (bicyclic) bond motifs is 1. The van der Waals surface area contributed by atoms with Crippen molar-refractivity contribution < 1.29 is 53.1 Å². The summed E-state index contributed by atoms with van der Waals surface area (Å²) in [7, 11) is 6.50. The molecule has 39 heavy (non-hydrogen) atoms. The molecule has 2 aromatic rings. The lowest BCUT2D eigenvalue weighted by Gasteiger charge is -2.15. The van der Waals surface area contributed by atoms with Crippen LogP contribution in [0.2, 0.25) is 0 Å². The Hall–Kier alpha value is -4.39. The van der Waals surface area contributed by atoms with Gasteiger partial charge in [-0.25, -0.2) is 9.59 Å². The molecule has 4 rings (SSSR count). The van der Waals surface area contributed by atoms with E-state index in [0.717, 1.165) is 42.2 Å². The van der Waals surface area contributed by atoms with Gasteiger partial charge in [-0.05, 0) is 36.7 Å². The molecule has 0 aromatic heterocycles. The van der Waals surface area contributed by atoms with E-state index in [0.29, 0.717) is 36.0 Å². The number of hydrogen-bond donors (Lipinski definition) is 3. The first kappa shape index (κ1) is 29.2. The summed E-state index contributed by atoms with van der Waals surface area (Å²) in [6.07, 6.45) is 2.15. The van der Waals surface area contributed by atoms with Gasteiger partial charge in [0, 0.05) is 24.9 Å². The lowest BCUT2D eigenvalue weighted by atomic mass is 10.0. The molecular formula is C26H32N2O11. The molecule has 212 valence electrons. The number of aliphatic carboxylic acids is 2. The van der Waals surface area contributed by atoms with Gasteiger partial charge < -0.3 is 48.8 Å². The molecule has 0 bridgehead atoms. The molecule has 0 fully saturated rings. The third kappa shape index (κ3) is 7.57. The number of hydrogen-bond acceptors (Lipinski definition) is 11. The minimum atomic E-state index is -1.82. The van der Waals surface area contributed by atoms with E-state index in [4.69, 9.17) is 53.1 Å². The summed E-state index contributed by atoms with van der Waals surface area (Å²) < 4.78 is 32.8. The van der Waals surface area contributed by atoms with Gasteiger partial charge in [-0.15, -0.1) is 0 Å². The normalized spacial score (nSPS) is 14.9. The highest BCUT2D eigenvalue weighted by Crippen LogP contribution is 2.50. The molecule has 2 heterocycles. The topological polar surface area (TPSA) is 164 Å². The number of carbonyl (C=O) groups is 2. The number of ether oxygens (including phenoxy) is 6. The maximum atomic E-state index is 9.10. The monoisotopic (exact) mass is 548 g/mol. The number of rotatable bonds is 11. The van der Waals surface area contributed by atoms with Gasteiger partial charge in [0.2, 0.25) is 18.3 Å². The average molecular weight is 549 g/mol. The van der Waals surface area contributed by atoms with Crippen molar-refractivity contribution >= 4 is 17.7 Å². The Kier molecular flexibility index (Phi) is 10.4. The first-order valence-electron chi connectivity index (χ1n) is 11.9. The maximum Gasteiger partial charge on any atom is 0.414 e. The van der Waals surface area contributed by atoms with E-state index < -0.39 is 11.9 Å². The average Bonchev–Trinajstić information content (AvgIpc) is 3.60. The summed E-state index contributed by atoms with van der Waals surface area (Å²) in [6.45, 7) is 1.63. The van der Waals surface area contributed by atoms with Crippen molar-refractivity contribution in [2.24, 2.45) is 5.16 Å². The van der Waals surface area contributed by atoms with Crippen molar-refractivity contribution in [2.75, 3.05) is 48.3 Å². The molecule has 1 atom stereocenters. The van der Waals surface area contributed by atoms with Crippen LogP contribution in [0.1, 0.15) is 17.5 Å². The van der Waals surface area contributed by atoms with Crippen LogP contribution < -0.4 is 33.7 Å². The summed E-state index contributed by atoms with van der Waals surface area (Å²) in [6, 6.07) is 7.88. The van der Waals surface area contributed by atoms with E-state index in [-0.39, 0.29) is 12.9 Å². The van der Waals surface area contributed by atoms with Gasteiger partial charge in [-0.2, -0.15) is 0 Å². The maximum absolute atomic E-state index is 9.10. The fourth-order valence-corrected chi connectivity index (χ4v) is 4.04. The van der Waals surface area contributed by atoms with Crippen molar-refractivity contribution in [1.29, 1.82) is 0 Å². The molecular weight excluding hydrogens is 516 g/mol. The summed E-state index contributed by atoms with van der Waals surface area (Å²) in [4.78, 5) is 23.9. The lowest BCUT2D eigenvalue weighted by molar-refractivity contribution is -0.159. The second kappa shape index (κ2) is 14.0. The molecule has 2 aromatic carbocycles. The third-order valence-electron chi connectivity index (χ3n) is 5.86. The molecule has 2 aliphatic rings. The minimum Gasteiger partial charge on any atom is -0.493 e. The molecule has 2 aliphatic heterocycles. The van der Waals surface area contributed by atoms with Crippen molar-refractivity contribution in [2.45, 2.75) is 25.4 Å². The van der Waals surface area contributed by atoms with Gasteiger partial charge in [-0.3, -0.25) is 0 Å². The van der Waals surface area contributed by atoms with Crippen LogP contribution in [0, 0.1) is 0 Å². The Labute approximate surface area is 225 Å². The predicted octanol–water partition coefficient (Wildman–Crippen LogP) is 2.12. The van der Waals surface area contributed by atoms with Crippen LogP contribution in [0.3, 0.4) is 0 Å². The number of carboxylic acid groups (broad SMARTS) is 2. The van der Waals surface area contributed by atoms with Crippen molar-refractivity contribution in [3.8, 4) is 34.5 Å². The van der Waals surface area contributed by atoms with Gasteiger partial charge in [-0.1, -0.05) is 11.2 Å². The van der Waals surface area contributed by atoms with Gasteiger partial charge in [0.1, 0.15) is 6.10 Å². The lowest BCUT2D eigenvalue weighted by Crippen LogP contribution is -2.25. The highest BCUT2D eigenvalue weighted by molar-refractivity contribution is 6.27. The van der Waals surface area contributed by atoms with Gasteiger partial charge in [0.05, 0.1) is 34.2 Å². The SMILES string of the molecule is COc1ccc(CCNCC2=NOC(Cc3cc(OC)c4c(c3OC)OCO4)C2)cc1OC.O=C(O)C(=O)O. The molecule has 0 spiro atoms. The van der Waals surface area contributed by atoms with E-state index in [1.807, 2.05) is 24.3 Å². The summed E-state index contributed by atoms with van der Waals surface area (Å²) >= 11 is 0. The first-order chi connectivity index (χ1) is 18.8. The fraction of sp³-hybridized carbons (Fsp3) is 0.423. The van der Waals surface area contributed by atoms with Crippen molar-refractivity contribution in [3.05, 3.63) is 35.4 Å². The van der Waals surface area contributed by atoms with Crippen LogP contribution in [0.25, 0.3) is 0 Å². The molecule has 0 radical (unpaired) electrons. The van der Waals surface area contributed by atoms with Crippen molar-refractivity contribution in [1.82, 2.24) is 5.32 Å². The summed E-state index contributed by atoms with van der Waals surface area (Å²) in [5.41, 5.74) is 3.09. The number of nitrogens with one attached hydrogen (secondary N) is 1. The minimum absolute atomic E-state index is 0.0772. The number of carboxylic acids is 2. The summed E-state index contributed by atoms with van der Waals surface area (Å²) in [5, 5.41) is 22.5. The number of nitrogens with zero attached hydrogens (tertiary/aromatic N) is 1. The van der Waals surface area contributed by atoms with Gasteiger partial charge in [0.15, 0.2) is 23.0 Å². The standard InChI is InChI=1S/C24H30N2O7.C2H2O4/c1-27-19-6-5-15(9-20(19)28-2)7-8-25-13-17-12-18(33-26-17)10-16-11-21(29-3)23-24(22(16)30-4)32-14-31-23;3-1(4)2(5)6/h5-6,9,11,18,25H,7-8,10,12-14H2,1-4H3;(H,3,4)(H,5,6). The Morgan fingerprint density at radius 3 is 2.28 bits per heavy atom. The zero-order valence-corrected chi connectivity index (χ0v) is 22.1.